The van der Waals surface area contributed by atoms with E-state index >= 15 is 0 Å². The molecule has 90 valence electrons. The van der Waals surface area contributed by atoms with Gasteiger partial charge in [0.1, 0.15) is 5.75 Å². The predicted octanol–water partition coefficient (Wildman–Crippen LogP) is 3.89. The largest absolute Gasteiger partial charge is 0.489 e. The molecule has 2 N–H and O–H groups in total. The molecule has 2 atom stereocenters. The van der Waals surface area contributed by atoms with Crippen molar-refractivity contribution in [3.8, 4) is 5.75 Å². The van der Waals surface area contributed by atoms with Crippen LogP contribution in [-0.4, -0.2) is 6.10 Å². The lowest BCUT2D eigenvalue weighted by Gasteiger charge is -2.19. The lowest BCUT2D eigenvalue weighted by Crippen LogP contribution is -2.18. The zero-order valence-corrected chi connectivity index (χ0v) is 11.9. The summed E-state index contributed by atoms with van der Waals surface area (Å²) in [4.78, 5) is 0. The monoisotopic (exact) mass is 285 g/mol. The van der Waals surface area contributed by atoms with Crippen LogP contribution in [0.5, 0.6) is 5.75 Å². The summed E-state index contributed by atoms with van der Waals surface area (Å²) in [5, 5.41) is 0. The van der Waals surface area contributed by atoms with Crippen molar-refractivity contribution in [1.82, 2.24) is 0 Å². The van der Waals surface area contributed by atoms with Crippen LogP contribution in [0.25, 0.3) is 0 Å². The molecule has 1 rings (SSSR count). The Hall–Kier alpha value is -0.540. The molecule has 0 aromatic heterocycles. The summed E-state index contributed by atoms with van der Waals surface area (Å²) in [7, 11) is 0. The minimum atomic E-state index is 0.0490. The topological polar surface area (TPSA) is 35.2 Å². The second-order valence-corrected chi connectivity index (χ2v) is 5.40. The minimum absolute atomic E-state index is 0.0490. The molecular formula is C13H20BrNO. The number of benzene rings is 1. The lowest BCUT2D eigenvalue weighted by atomic mass is 10.1. The second-order valence-electron chi connectivity index (χ2n) is 4.55. The molecule has 1 aromatic carbocycles. The van der Waals surface area contributed by atoms with E-state index in [1.165, 1.54) is 0 Å². The summed E-state index contributed by atoms with van der Waals surface area (Å²) in [6, 6.07) is 6.06. The highest BCUT2D eigenvalue weighted by molar-refractivity contribution is 9.10. The zero-order valence-electron chi connectivity index (χ0n) is 10.3. The fraction of sp³-hybridized carbons (Fsp3) is 0.538. The first-order valence-corrected chi connectivity index (χ1v) is 6.42. The second kappa shape index (κ2) is 5.69. The molecule has 0 aliphatic rings. The number of rotatable bonds is 4. The van der Waals surface area contributed by atoms with E-state index in [2.05, 4.69) is 36.7 Å². The summed E-state index contributed by atoms with van der Waals surface area (Å²) in [6.45, 7) is 8.35. The van der Waals surface area contributed by atoms with Gasteiger partial charge in [-0.05, 0) is 53.4 Å². The van der Waals surface area contributed by atoms with Gasteiger partial charge in [-0.1, -0.05) is 19.9 Å². The maximum Gasteiger partial charge on any atom is 0.133 e. The molecular weight excluding hydrogens is 266 g/mol. The molecule has 0 saturated heterocycles. The summed E-state index contributed by atoms with van der Waals surface area (Å²) in [5.74, 6) is 1.38. The van der Waals surface area contributed by atoms with E-state index in [-0.39, 0.29) is 12.1 Å². The molecule has 1 aromatic rings. The Morgan fingerprint density at radius 1 is 1.19 bits per heavy atom. The lowest BCUT2D eigenvalue weighted by molar-refractivity contribution is 0.169. The van der Waals surface area contributed by atoms with Crippen molar-refractivity contribution in [2.24, 2.45) is 11.7 Å². The summed E-state index contributed by atoms with van der Waals surface area (Å²) < 4.78 is 6.82. The van der Waals surface area contributed by atoms with E-state index in [1.54, 1.807) is 0 Å². The van der Waals surface area contributed by atoms with Crippen molar-refractivity contribution in [3.05, 3.63) is 28.2 Å². The molecule has 0 aliphatic heterocycles. The van der Waals surface area contributed by atoms with Crippen LogP contribution in [-0.2, 0) is 0 Å². The van der Waals surface area contributed by atoms with Crippen LogP contribution in [0.3, 0.4) is 0 Å². The zero-order chi connectivity index (χ0) is 12.3. The molecule has 0 fully saturated rings. The van der Waals surface area contributed by atoms with Crippen LogP contribution >= 0.6 is 15.9 Å². The summed E-state index contributed by atoms with van der Waals surface area (Å²) >= 11 is 3.51. The third-order valence-electron chi connectivity index (χ3n) is 2.73. The highest BCUT2D eigenvalue weighted by atomic mass is 79.9. The van der Waals surface area contributed by atoms with Gasteiger partial charge >= 0.3 is 0 Å². The standard InChI is InChI=1S/C13H20BrNO/c1-8(2)10(4)16-13-6-5-11(9(3)15)7-12(13)14/h5-10H,15H2,1-4H3. The van der Waals surface area contributed by atoms with E-state index in [0.29, 0.717) is 5.92 Å². The van der Waals surface area contributed by atoms with Crippen molar-refractivity contribution in [2.75, 3.05) is 0 Å². The number of nitrogens with two attached hydrogens (primary N) is 1. The molecule has 2 unspecified atom stereocenters. The molecule has 0 spiro atoms. The van der Waals surface area contributed by atoms with Crippen LogP contribution in [0, 0.1) is 5.92 Å². The molecule has 0 aliphatic carbocycles. The van der Waals surface area contributed by atoms with Gasteiger partial charge in [0.05, 0.1) is 10.6 Å². The van der Waals surface area contributed by atoms with Crippen LogP contribution in [0.1, 0.15) is 39.3 Å². The number of hydrogen-bond acceptors (Lipinski definition) is 2. The van der Waals surface area contributed by atoms with E-state index in [4.69, 9.17) is 10.5 Å². The first-order chi connectivity index (χ1) is 7.41. The van der Waals surface area contributed by atoms with Gasteiger partial charge in [-0.25, -0.2) is 0 Å². The smallest absolute Gasteiger partial charge is 0.133 e. The van der Waals surface area contributed by atoms with E-state index in [9.17, 15) is 0 Å². The molecule has 0 bridgehead atoms. The maximum atomic E-state index is 5.85. The van der Waals surface area contributed by atoms with Gasteiger partial charge in [0, 0.05) is 6.04 Å². The van der Waals surface area contributed by atoms with Crippen molar-refractivity contribution >= 4 is 15.9 Å². The molecule has 3 heteroatoms. The molecule has 0 radical (unpaired) electrons. The van der Waals surface area contributed by atoms with E-state index in [0.717, 1.165) is 15.8 Å². The Labute approximate surface area is 106 Å². The van der Waals surface area contributed by atoms with Crippen LogP contribution in [0.4, 0.5) is 0 Å². The molecule has 0 saturated carbocycles. The van der Waals surface area contributed by atoms with Crippen molar-refractivity contribution in [3.63, 3.8) is 0 Å². The predicted molar refractivity (Wildman–Crippen MR) is 71.7 cm³/mol. The number of ether oxygens (including phenoxy) is 1. The van der Waals surface area contributed by atoms with Crippen molar-refractivity contribution in [2.45, 2.75) is 39.8 Å². The number of halogens is 1. The first-order valence-electron chi connectivity index (χ1n) is 5.63. The van der Waals surface area contributed by atoms with Gasteiger partial charge in [0.15, 0.2) is 0 Å². The Bertz CT molecular complexity index is 350. The van der Waals surface area contributed by atoms with Gasteiger partial charge < -0.3 is 10.5 Å². The Kier molecular flexibility index (Phi) is 4.81. The average Bonchev–Trinajstić information content (AvgIpc) is 2.20. The fourth-order valence-electron chi connectivity index (χ4n) is 1.23. The van der Waals surface area contributed by atoms with Crippen molar-refractivity contribution in [1.29, 1.82) is 0 Å². The first kappa shape index (κ1) is 13.5. The quantitative estimate of drug-likeness (QED) is 0.911. The highest BCUT2D eigenvalue weighted by Crippen LogP contribution is 2.29. The van der Waals surface area contributed by atoms with E-state index in [1.807, 2.05) is 25.1 Å². The van der Waals surface area contributed by atoms with Gasteiger partial charge in [-0.15, -0.1) is 0 Å². The van der Waals surface area contributed by atoms with Crippen LogP contribution < -0.4 is 10.5 Å². The Morgan fingerprint density at radius 2 is 1.81 bits per heavy atom. The van der Waals surface area contributed by atoms with Gasteiger partial charge in [-0.3, -0.25) is 0 Å². The Balaban J connectivity index is 2.83. The molecule has 16 heavy (non-hydrogen) atoms. The minimum Gasteiger partial charge on any atom is -0.489 e. The summed E-state index contributed by atoms with van der Waals surface area (Å²) in [6.07, 6.45) is 0.206. The molecule has 0 heterocycles. The van der Waals surface area contributed by atoms with Gasteiger partial charge in [0.25, 0.3) is 0 Å². The normalized spacial score (nSPS) is 14.9. The van der Waals surface area contributed by atoms with Gasteiger partial charge in [-0.2, -0.15) is 0 Å². The van der Waals surface area contributed by atoms with Crippen molar-refractivity contribution < 1.29 is 4.74 Å². The highest BCUT2D eigenvalue weighted by Gasteiger charge is 2.11. The van der Waals surface area contributed by atoms with E-state index < -0.39 is 0 Å². The maximum absolute atomic E-state index is 5.85. The van der Waals surface area contributed by atoms with Gasteiger partial charge in [0.2, 0.25) is 0 Å². The third-order valence-corrected chi connectivity index (χ3v) is 3.35. The van der Waals surface area contributed by atoms with Crippen LogP contribution in [0.2, 0.25) is 0 Å². The number of hydrogen-bond donors (Lipinski definition) is 1. The molecule has 0 amide bonds. The van der Waals surface area contributed by atoms with Crippen LogP contribution in [0.15, 0.2) is 22.7 Å². The SMILES string of the molecule is CC(N)c1ccc(OC(C)C(C)C)c(Br)c1. The average molecular weight is 286 g/mol. The molecule has 2 nitrogen and oxygen atoms in total. The Morgan fingerprint density at radius 3 is 2.25 bits per heavy atom. The third kappa shape index (κ3) is 3.49. The summed E-state index contributed by atoms with van der Waals surface area (Å²) in [5.41, 5.74) is 6.93. The fourth-order valence-corrected chi connectivity index (χ4v) is 1.72.